The van der Waals surface area contributed by atoms with Gasteiger partial charge in [0.2, 0.25) is 15.9 Å². The van der Waals surface area contributed by atoms with Crippen LogP contribution in [0.5, 0.6) is 0 Å². The molecule has 0 bridgehead atoms. The second kappa shape index (κ2) is 5.13. The lowest BCUT2D eigenvalue weighted by molar-refractivity contribution is -0.123. The minimum Gasteiger partial charge on any atom is -0.354 e. The van der Waals surface area contributed by atoms with Crippen LogP contribution < -0.4 is 5.32 Å². The standard InChI is InChI=1S/C13H15BrN2O3S/c14-9-3-1-4-10(7-9)20(18,19)16-6-2-5-11-12(16)8-15-13(11)17/h1,3-4,7,11-12H,2,5-6,8H2,(H,15,17). The number of sulfonamides is 1. The molecule has 2 fully saturated rings. The summed E-state index contributed by atoms with van der Waals surface area (Å²) in [6, 6.07) is 6.44. The third-order valence-corrected chi connectivity index (χ3v) is 6.37. The van der Waals surface area contributed by atoms with E-state index in [0.717, 1.165) is 17.3 Å². The molecule has 3 rings (SSSR count). The molecule has 2 aliphatic heterocycles. The van der Waals surface area contributed by atoms with Gasteiger partial charge in [0.15, 0.2) is 0 Å². The highest BCUT2D eigenvalue weighted by atomic mass is 79.9. The third-order valence-electron chi connectivity index (χ3n) is 3.95. The van der Waals surface area contributed by atoms with Crippen molar-refractivity contribution in [2.24, 2.45) is 5.92 Å². The van der Waals surface area contributed by atoms with Crippen LogP contribution in [0.3, 0.4) is 0 Å². The van der Waals surface area contributed by atoms with E-state index in [1.165, 1.54) is 4.31 Å². The summed E-state index contributed by atoms with van der Waals surface area (Å²) in [6.07, 6.45) is 1.49. The predicted molar refractivity (Wildman–Crippen MR) is 77.6 cm³/mol. The van der Waals surface area contributed by atoms with Crippen LogP contribution in [0, 0.1) is 5.92 Å². The fourth-order valence-electron chi connectivity index (χ4n) is 2.97. The normalized spacial score (nSPS) is 27.1. The average molecular weight is 359 g/mol. The summed E-state index contributed by atoms with van der Waals surface area (Å²) < 4.78 is 27.7. The van der Waals surface area contributed by atoms with E-state index in [-0.39, 0.29) is 22.8 Å². The minimum absolute atomic E-state index is 0.0239. The Labute approximate surface area is 126 Å². The van der Waals surface area contributed by atoms with Crippen LogP contribution in [0.2, 0.25) is 0 Å². The van der Waals surface area contributed by atoms with Crippen molar-refractivity contribution < 1.29 is 13.2 Å². The summed E-state index contributed by atoms with van der Waals surface area (Å²) in [5, 5.41) is 2.77. The molecule has 1 N–H and O–H groups in total. The van der Waals surface area contributed by atoms with Crippen LogP contribution in [0.15, 0.2) is 33.6 Å². The molecule has 7 heteroatoms. The molecular formula is C13H15BrN2O3S. The Morgan fingerprint density at radius 3 is 2.90 bits per heavy atom. The maximum absolute atomic E-state index is 12.8. The number of piperidine rings is 1. The van der Waals surface area contributed by atoms with Gasteiger partial charge in [0.1, 0.15) is 0 Å². The van der Waals surface area contributed by atoms with Gasteiger partial charge >= 0.3 is 0 Å². The second-order valence-corrected chi connectivity index (χ2v) is 7.94. The fraction of sp³-hybridized carbons (Fsp3) is 0.462. The van der Waals surface area contributed by atoms with Crippen LogP contribution in [0.25, 0.3) is 0 Å². The lowest BCUT2D eigenvalue weighted by Gasteiger charge is -2.34. The first-order valence-electron chi connectivity index (χ1n) is 6.55. The van der Waals surface area contributed by atoms with Gasteiger partial charge in [-0.2, -0.15) is 4.31 Å². The van der Waals surface area contributed by atoms with Gasteiger partial charge in [-0.1, -0.05) is 22.0 Å². The zero-order valence-corrected chi connectivity index (χ0v) is 13.2. The Bertz CT molecular complexity index is 647. The molecule has 0 spiro atoms. The number of benzene rings is 1. The molecule has 1 aromatic rings. The Balaban J connectivity index is 1.97. The van der Waals surface area contributed by atoms with Crippen molar-refractivity contribution in [3.63, 3.8) is 0 Å². The number of carbonyl (C=O) groups excluding carboxylic acids is 1. The monoisotopic (exact) mass is 358 g/mol. The molecule has 2 saturated heterocycles. The van der Waals surface area contributed by atoms with Crippen molar-refractivity contribution in [3.05, 3.63) is 28.7 Å². The number of fused-ring (bicyclic) bond motifs is 1. The molecular weight excluding hydrogens is 344 g/mol. The third kappa shape index (κ3) is 2.27. The first-order chi connectivity index (χ1) is 9.50. The largest absolute Gasteiger partial charge is 0.354 e. The van der Waals surface area contributed by atoms with Crippen LogP contribution in [-0.4, -0.2) is 37.8 Å². The Morgan fingerprint density at radius 1 is 1.35 bits per heavy atom. The van der Waals surface area contributed by atoms with Gasteiger partial charge in [0.25, 0.3) is 0 Å². The van der Waals surface area contributed by atoms with E-state index >= 15 is 0 Å². The molecule has 0 radical (unpaired) electrons. The number of amides is 1. The number of hydrogen-bond donors (Lipinski definition) is 1. The van der Waals surface area contributed by atoms with Gasteiger partial charge in [-0.15, -0.1) is 0 Å². The lowest BCUT2D eigenvalue weighted by Crippen LogP contribution is -2.48. The molecule has 1 aromatic carbocycles. The molecule has 0 aromatic heterocycles. The van der Waals surface area contributed by atoms with Gasteiger partial charge in [0, 0.05) is 17.6 Å². The fourth-order valence-corrected chi connectivity index (χ4v) is 5.27. The highest BCUT2D eigenvalue weighted by molar-refractivity contribution is 9.10. The zero-order valence-electron chi connectivity index (χ0n) is 10.8. The average Bonchev–Trinajstić information content (AvgIpc) is 2.80. The number of halogens is 1. The summed E-state index contributed by atoms with van der Waals surface area (Å²) in [7, 11) is -3.55. The van der Waals surface area contributed by atoms with E-state index in [1.807, 2.05) is 0 Å². The Morgan fingerprint density at radius 2 is 2.15 bits per heavy atom. The van der Waals surface area contributed by atoms with Crippen molar-refractivity contribution in [1.82, 2.24) is 9.62 Å². The molecule has 1 amide bonds. The SMILES string of the molecule is O=C1NCC2C1CCCN2S(=O)(=O)c1cccc(Br)c1. The van der Waals surface area contributed by atoms with Crippen LogP contribution >= 0.6 is 15.9 Å². The van der Waals surface area contributed by atoms with E-state index in [2.05, 4.69) is 21.2 Å². The highest BCUT2D eigenvalue weighted by Crippen LogP contribution is 2.32. The highest BCUT2D eigenvalue weighted by Gasteiger charge is 2.45. The van der Waals surface area contributed by atoms with Crippen LogP contribution in [0.1, 0.15) is 12.8 Å². The van der Waals surface area contributed by atoms with Crippen molar-refractivity contribution in [2.45, 2.75) is 23.8 Å². The molecule has 20 heavy (non-hydrogen) atoms. The van der Waals surface area contributed by atoms with Crippen LogP contribution in [0.4, 0.5) is 0 Å². The molecule has 0 aliphatic carbocycles. The Hall–Kier alpha value is -0.920. The van der Waals surface area contributed by atoms with Gasteiger partial charge in [-0.3, -0.25) is 4.79 Å². The molecule has 2 unspecified atom stereocenters. The van der Waals surface area contributed by atoms with Gasteiger partial charge < -0.3 is 5.32 Å². The topological polar surface area (TPSA) is 66.5 Å². The first-order valence-corrected chi connectivity index (χ1v) is 8.78. The van der Waals surface area contributed by atoms with Crippen molar-refractivity contribution in [1.29, 1.82) is 0 Å². The summed E-state index contributed by atoms with van der Waals surface area (Å²) >= 11 is 3.30. The van der Waals surface area contributed by atoms with Gasteiger partial charge in [0.05, 0.1) is 16.9 Å². The summed E-state index contributed by atoms with van der Waals surface area (Å²) in [4.78, 5) is 12.0. The van der Waals surface area contributed by atoms with E-state index in [9.17, 15) is 13.2 Å². The smallest absolute Gasteiger partial charge is 0.243 e. The van der Waals surface area contributed by atoms with Gasteiger partial charge in [-0.25, -0.2) is 8.42 Å². The number of carbonyl (C=O) groups is 1. The van der Waals surface area contributed by atoms with Crippen molar-refractivity contribution in [2.75, 3.05) is 13.1 Å². The van der Waals surface area contributed by atoms with E-state index in [4.69, 9.17) is 0 Å². The van der Waals surface area contributed by atoms with E-state index < -0.39 is 10.0 Å². The minimum atomic E-state index is -3.55. The van der Waals surface area contributed by atoms with E-state index in [0.29, 0.717) is 13.1 Å². The molecule has 5 nitrogen and oxygen atoms in total. The molecule has 0 saturated carbocycles. The second-order valence-electron chi connectivity index (χ2n) is 5.13. The number of nitrogens with zero attached hydrogens (tertiary/aromatic N) is 1. The quantitative estimate of drug-likeness (QED) is 0.867. The maximum atomic E-state index is 12.8. The van der Waals surface area contributed by atoms with E-state index in [1.54, 1.807) is 24.3 Å². The summed E-state index contributed by atoms with van der Waals surface area (Å²) in [5.41, 5.74) is 0. The predicted octanol–water partition coefficient (Wildman–Crippen LogP) is 1.35. The van der Waals surface area contributed by atoms with Crippen LogP contribution in [-0.2, 0) is 14.8 Å². The maximum Gasteiger partial charge on any atom is 0.243 e. The Kier molecular flexibility index (Phi) is 3.60. The molecule has 108 valence electrons. The van der Waals surface area contributed by atoms with Gasteiger partial charge in [-0.05, 0) is 31.0 Å². The summed E-state index contributed by atoms with van der Waals surface area (Å²) in [6.45, 7) is 0.891. The first kappa shape index (κ1) is 14.0. The zero-order chi connectivity index (χ0) is 14.3. The number of rotatable bonds is 2. The molecule has 2 atom stereocenters. The molecule has 2 aliphatic rings. The lowest BCUT2D eigenvalue weighted by atomic mass is 9.93. The molecule has 2 heterocycles. The van der Waals surface area contributed by atoms with Crippen molar-refractivity contribution >= 4 is 31.9 Å². The summed E-state index contributed by atoms with van der Waals surface area (Å²) in [5.74, 6) is -0.227. The van der Waals surface area contributed by atoms with Crippen molar-refractivity contribution in [3.8, 4) is 0 Å². The number of hydrogen-bond acceptors (Lipinski definition) is 3. The number of nitrogens with one attached hydrogen (secondary N) is 1.